The first-order valence-corrected chi connectivity index (χ1v) is 6.47. The van der Waals surface area contributed by atoms with Crippen LogP contribution < -0.4 is 18.1 Å². The molecule has 0 aromatic carbocycles. The fourth-order valence-corrected chi connectivity index (χ4v) is 2.07. The standard InChI is InChI=1S/C8H20N2O4S.ClH/c1-10(2,5-3-4-9)6-8(11)7-15(12,13)14;/h8,11H,3-7,9H2,1-2H3;1H. The summed E-state index contributed by atoms with van der Waals surface area (Å²) >= 11 is 0. The smallest absolute Gasteiger partial charge is 0.116 e. The molecular weight excluding hydrogens is 256 g/mol. The molecule has 0 aliphatic heterocycles. The van der Waals surface area contributed by atoms with Crippen LogP contribution in [0.25, 0.3) is 0 Å². The molecule has 1 unspecified atom stereocenters. The van der Waals surface area contributed by atoms with Gasteiger partial charge in [-0.05, 0) is 0 Å². The summed E-state index contributed by atoms with van der Waals surface area (Å²) < 4.78 is 31.7. The summed E-state index contributed by atoms with van der Waals surface area (Å²) in [5, 5.41) is 9.41. The van der Waals surface area contributed by atoms with Crippen molar-refractivity contribution in [2.45, 2.75) is 12.5 Å². The maximum atomic E-state index is 10.4. The van der Waals surface area contributed by atoms with Crippen molar-refractivity contribution < 1.29 is 40.7 Å². The van der Waals surface area contributed by atoms with E-state index in [1.54, 1.807) is 0 Å². The lowest BCUT2D eigenvalue weighted by molar-refractivity contribution is -0.893. The predicted octanol–water partition coefficient (Wildman–Crippen LogP) is -5.40. The number of hydrogen-bond donors (Lipinski definition) is 2. The second-order valence-corrected chi connectivity index (χ2v) is 5.88. The van der Waals surface area contributed by atoms with Gasteiger partial charge in [0.15, 0.2) is 0 Å². The summed E-state index contributed by atoms with van der Waals surface area (Å²) in [5.41, 5.74) is 3.71. The molecule has 0 rings (SSSR count). The minimum Gasteiger partial charge on any atom is -1.00 e. The number of quaternary nitrogens is 2. The normalized spacial score (nSPS) is 14.3. The number of aliphatic hydroxyl groups excluding tert-OH is 1. The van der Waals surface area contributed by atoms with E-state index in [1.165, 1.54) is 0 Å². The van der Waals surface area contributed by atoms with Gasteiger partial charge in [-0.25, -0.2) is 8.42 Å². The minimum atomic E-state index is -4.34. The fourth-order valence-electron chi connectivity index (χ4n) is 1.49. The van der Waals surface area contributed by atoms with Gasteiger partial charge < -0.3 is 32.3 Å². The highest BCUT2D eigenvalue weighted by Crippen LogP contribution is 2.03. The highest BCUT2D eigenvalue weighted by molar-refractivity contribution is 7.85. The molecule has 8 heteroatoms. The van der Waals surface area contributed by atoms with Gasteiger partial charge in [-0.15, -0.1) is 0 Å². The third-order valence-electron chi connectivity index (χ3n) is 2.11. The summed E-state index contributed by atoms with van der Waals surface area (Å²) in [6.45, 7) is 1.87. The van der Waals surface area contributed by atoms with Gasteiger partial charge in [0.05, 0.1) is 43.1 Å². The largest absolute Gasteiger partial charge is 1.00 e. The number of nitrogens with zero attached hydrogens (tertiary/aromatic N) is 1. The zero-order chi connectivity index (χ0) is 12.1. The maximum absolute atomic E-state index is 10.4. The molecule has 1 atom stereocenters. The van der Waals surface area contributed by atoms with Gasteiger partial charge in [-0.1, -0.05) is 0 Å². The van der Waals surface area contributed by atoms with Gasteiger partial charge in [-0.2, -0.15) is 0 Å². The number of hydrogen-bond acceptors (Lipinski definition) is 4. The second kappa shape index (κ2) is 7.41. The van der Waals surface area contributed by atoms with E-state index in [1.807, 2.05) is 14.1 Å². The average Bonchev–Trinajstić information content (AvgIpc) is 1.95. The van der Waals surface area contributed by atoms with Crippen LogP contribution in [0.1, 0.15) is 6.42 Å². The lowest BCUT2D eigenvalue weighted by Gasteiger charge is -2.31. The molecule has 0 aliphatic rings. The van der Waals surface area contributed by atoms with Crippen LogP contribution in [0, 0.1) is 0 Å². The Labute approximate surface area is 103 Å². The lowest BCUT2D eigenvalue weighted by Crippen LogP contribution is -3.00. The third kappa shape index (κ3) is 10.6. The van der Waals surface area contributed by atoms with Gasteiger partial charge in [0.25, 0.3) is 0 Å². The Hall–Kier alpha value is 0.0800. The van der Waals surface area contributed by atoms with E-state index in [-0.39, 0.29) is 19.0 Å². The van der Waals surface area contributed by atoms with Gasteiger partial charge in [-0.3, -0.25) is 0 Å². The van der Waals surface area contributed by atoms with E-state index in [0.29, 0.717) is 4.48 Å². The number of rotatable bonds is 7. The van der Waals surface area contributed by atoms with E-state index in [4.69, 9.17) is 0 Å². The monoisotopic (exact) mass is 276 g/mol. The molecule has 0 radical (unpaired) electrons. The first kappa shape index (κ1) is 18.4. The van der Waals surface area contributed by atoms with Gasteiger partial charge in [0, 0.05) is 6.42 Å². The van der Waals surface area contributed by atoms with Crippen LogP contribution in [-0.2, 0) is 10.1 Å². The van der Waals surface area contributed by atoms with Crippen molar-refractivity contribution in [1.82, 2.24) is 0 Å². The Balaban J connectivity index is 0. The highest BCUT2D eigenvalue weighted by atomic mass is 35.5. The molecule has 0 spiro atoms. The van der Waals surface area contributed by atoms with Crippen LogP contribution in [-0.4, -0.2) is 68.1 Å². The van der Waals surface area contributed by atoms with E-state index in [0.717, 1.165) is 19.5 Å². The van der Waals surface area contributed by atoms with Crippen molar-refractivity contribution in [3.05, 3.63) is 0 Å². The molecule has 100 valence electrons. The van der Waals surface area contributed by atoms with Crippen LogP contribution in [0.3, 0.4) is 0 Å². The third-order valence-corrected chi connectivity index (χ3v) is 2.91. The Morgan fingerprint density at radius 1 is 1.44 bits per heavy atom. The molecule has 4 N–H and O–H groups in total. The molecule has 0 bridgehead atoms. The Morgan fingerprint density at radius 2 is 1.94 bits per heavy atom. The van der Waals surface area contributed by atoms with E-state index >= 15 is 0 Å². The average molecular weight is 277 g/mol. The van der Waals surface area contributed by atoms with E-state index in [2.05, 4.69) is 5.73 Å². The summed E-state index contributed by atoms with van der Waals surface area (Å²) in [5.74, 6) is -0.709. The SMILES string of the molecule is C[N+](C)(CCC[NH3+])CC(O)CS(=O)(=O)[O-].[Cl-]. The van der Waals surface area contributed by atoms with Crippen molar-refractivity contribution in [1.29, 1.82) is 0 Å². The molecule has 0 amide bonds. The summed E-state index contributed by atoms with van der Waals surface area (Å²) in [6.07, 6.45) is -0.184. The topological polar surface area (TPSA) is 105 Å². The molecule has 6 nitrogen and oxygen atoms in total. The Bertz CT molecular complexity index is 282. The van der Waals surface area contributed by atoms with Crippen LogP contribution in [0.5, 0.6) is 0 Å². The molecule has 0 fully saturated rings. The van der Waals surface area contributed by atoms with Crippen molar-refractivity contribution >= 4 is 10.1 Å². The zero-order valence-electron chi connectivity index (χ0n) is 9.73. The molecule has 0 aromatic heterocycles. The summed E-state index contributed by atoms with van der Waals surface area (Å²) in [4.78, 5) is 0. The van der Waals surface area contributed by atoms with Gasteiger partial charge in [0.2, 0.25) is 0 Å². The maximum Gasteiger partial charge on any atom is 0.116 e. The minimum absolute atomic E-state index is 0. The van der Waals surface area contributed by atoms with Crippen LogP contribution >= 0.6 is 0 Å². The van der Waals surface area contributed by atoms with Crippen LogP contribution in [0.2, 0.25) is 0 Å². The van der Waals surface area contributed by atoms with Crippen molar-refractivity contribution in [3.8, 4) is 0 Å². The van der Waals surface area contributed by atoms with E-state index < -0.39 is 22.0 Å². The Kier molecular flexibility index (Phi) is 8.55. The first-order chi connectivity index (χ1) is 6.66. The summed E-state index contributed by atoms with van der Waals surface area (Å²) in [7, 11) is -0.568. The van der Waals surface area contributed by atoms with Gasteiger partial charge in [0.1, 0.15) is 12.6 Å². The molecule has 0 saturated carbocycles. The number of likely N-dealkylation sites (N-methyl/N-ethyl adjacent to an activating group) is 1. The lowest BCUT2D eigenvalue weighted by atomic mass is 10.3. The summed E-state index contributed by atoms with van der Waals surface area (Å²) in [6, 6.07) is 0. The molecule has 0 saturated heterocycles. The Morgan fingerprint density at radius 3 is 2.31 bits per heavy atom. The molecular formula is C8H21ClN2O4S. The van der Waals surface area contributed by atoms with E-state index in [9.17, 15) is 18.1 Å². The van der Waals surface area contributed by atoms with Crippen LogP contribution in [0.15, 0.2) is 0 Å². The van der Waals surface area contributed by atoms with Crippen molar-refractivity contribution in [2.24, 2.45) is 0 Å². The van der Waals surface area contributed by atoms with Crippen molar-refractivity contribution in [2.75, 3.05) is 39.5 Å². The quantitative estimate of drug-likeness (QED) is 0.358. The molecule has 16 heavy (non-hydrogen) atoms. The zero-order valence-corrected chi connectivity index (χ0v) is 11.3. The fraction of sp³-hybridized carbons (Fsp3) is 1.00. The predicted molar refractivity (Wildman–Crippen MR) is 54.8 cm³/mol. The molecule has 0 aromatic rings. The molecule has 0 heterocycles. The second-order valence-electron chi connectivity index (χ2n) is 4.43. The van der Waals surface area contributed by atoms with Gasteiger partial charge >= 0.3 is 0 Å². The van der Waals surface area contributed by atoms with Crippen LogP contribution in [0.4, 0.5) is 0 Å². The molecule has 0 aliphatic carbocycles. The number of halogens is 1. The van der Waals surface area contributed by atoms with Crippen molar-refractivity contribution in [3.63, 3.8) is 0 Å². The first-order valence-electron chi connectivity index (χ1n) is 4.89. The number of aliphatic hydroxyl groups is 1. The highest BCUT2D eigenvalue weighted by Gasteiger charge is 2.21.